The van der Waals surface area contributed by atoms with Gasteiger partial charge in [0.1, 0.15) is 0 Å². The van der Waals surface area contributed by atoms with E-state index >= 15 is 0 Å². The van der Waals surface area contributed by atoms with Crippen LogP contribution in [0.5, 0.6) is 0 Å². The van der Waals surface area contributed by atoms with Gasteiger partial charge in [-0.2, -0.15) is 29.9 Å². The molecule has 0 aliphatic rings. The molecule has 0 aliphatic heterocycles. The summed E-state index contributed by atoms with van der Waals surface area (Å²) < 4.78 is 0. The van der Waals surface area contributed by atoms with Crippen LogP contribution in [0.25, 0.3) is 0 Å². The molecule has 0 aromatic carbocycles. The van der Waals surface area contributed by atoms with Crippen LogP contribution in [0.15, 0.2) is 0 Å². The van der Waals surface area contributed by atoms with E-state index in [4.69, 9.17) is 46.4 Å². The first-order valence-corrected chi connectivity index (χ1v) is 8.01. The number of unbranched alkanes of at least 4 members (excludes halogenated alkanes) is 1. The third-order valence-electron chi connectivity index (χ3n) is 2.20. The van der Waals surface area contributed by atoms with Gasteiger partial charge >= 0.3 is 0 Å². The van der Waals surface area contributed by atoms with Crippen molar-refractivity contribution in [2.45, 2.75) is 19.8 Å². The number of halogens is 4. The summed E-state index contributed by atoms with van der Waals surface area (Å²) in [6.07, 6.45) is 2.17. The number of nitrogens with one attached hydrogen (secondary N) is 2. The van der Waals surface area contributed by atoms with E-state index in [0.29, 0.717) is 11.9 Å². The van der Waals surface area contributed by atoms with Gasteiger partial charge in [-0.25, -0.2) is 0 Å². The molecule has 0 saturated heterocycles. The predicted molar refractivity (Wildman–Crippen MR) is 92.6 cm³/mol. The molecule has 2 rings (SSSR count). The zero-order chi connectivity index (χ0) is 17.2. The quantitative estimate of drug-likeness (QED) is 0.735. The SMILES string of the molecule is CCCCNc1nc(Cl)nc(Cl)n1.CNc1nc(Cl)nc(Cl)n1. The molecule has 0 saturated carbocycles. The topological polar surface area (TPSA) is 101 Å². The second kappa shape index (κ2) is 10.5. The summed E-state index contributed by atoms with van der Waals surface area (Å²) in [6.45, 7) is 2.92. The third kappa shape index (κ3) is 8.26. The van der Waals surface area contributed by atoms with Crippen molar-refractivity contribution in [2.24, 2.45) is 0 Å². The maximum Gasteiger partial charge on any atom is 0.228 e. The van der Waals surface area contributed by atoms with Crippen molar-refractivity contribution in [3.63, 3.8) is 0 Å². The molecule has 2 N–H and O–H groups in total. The molecule has 0 fully saturated rings. The van der Waals surface area contributed by atoms with Gasteiger partial charge in [-0.05, 0) is 52.8 Å². The van der Waals surface area contributed by atoms with Crippen LogP contribution in [0, 0.1) is 0 Å². The fraction of sp³-hybridized carbons (Fsp3) is 0.455. The van der Waals surface area contributed by atoms with Crippen molar-refractivity contribution in [3.8, 4) is 0 Å². The smallest absolute Gasteiger partial charge is 0.228 e. The molecular formula is C11H14Cl4N8. The lowest BCUT2D eigenvalue weighted by Gasteiger charge is -2.02. The van der Waals surface area contributed by atoms with Crippen LogP contribution in [-0.2, 0) is 0 Å². The van der Waals surface area contributed by atoms with Gasteiger partial charge in [0.05, 0.1) is 0 Å². The van der Waals surface area contributed by atoms with Crippen molar-refractivity contribution in [1.29, 1.82) is 0 Å². The highest BCUT2D eigenvalue weighted by molar-refractivity contribution is 6.31. The van der Waals surface area contributed by atoms with Crippen LogP contribution in [0.2, 0.25) is 21.1 Å². The van der Waals surface area contributed by atoms with Gasteiger partial charge < -0.3 is 10.6 Å². The highest BCUT2D eigenvalue weighted by atomic mass is 35.5. The van der Waals surface area contributed by atoms with E-state index in [1.807, 2.05) is 0 Å². The Bertz CT molecular complexity index is 586. The van der Waals surface area contributed by atoms with E-state index in [1.165, 1.54) is 0 Å². The summed E-state index contributed by atoms with van der Waals surface area (Å²) in [7, 11) is 1.67. The fourth-order valence-electron chi connectivity index (χ4n) is 1.22. The molecule has 12 heteroatoms. The standard InChI is InChI=1S/C7H10Cl2N4.C4H4Cl2N4/c1-2-3-4-10-7-12-5(8)11-6(9)13-7;1-7-4-9-2(5)8-3(6)10-4/h2-4H2,1H3,(H,10,11,12,13);1H3,(H,7,8,9,10). The van der Waals surface area contributed by atoms with Crippen molar-refractivity contribution < 1.29 is 0 Å². The average molecular weight is 400 g/mol. The zero-order valence-electron chi connectivity index (χ0n) is 12.3. The Labute approximate surface area is 153 Å². The summed E-state index contributed by atoms with van der Waals surface area (Å²) in [5, 5.41) is 6.07. The minimum atomic E-state index is 0.0874. The molecule has 0 atom stereocenters. The first kappa shape index (κ1) is 19.8. The molecule has 0 aliphatic carbocycles. The molecule has 0 radical (unpaired) electrons. The van der Waals surface area contributed by atoms with Crippen molar-refractivity contribution in [2.75, 3.05) is 24.2 Å². The Morgan fingerprint density at radius 1 is 0.739 bits per heavy atom. The number of hydrogen-bond donors (Lipinski definition) is 2. The second-order valence-electron chi connectivity index (χ2n) is 3.92. The van der Waals surface area contributed by atoms with Crippen LogP contribution in [0.3, 0.4) is 0 Å². The van der Waals surface area contributed by atoms with E-state index < -0.39 is 0 Å². The van der Waals surface area contributed by atoms with Gasteiger partial charge in [-0.3, -0.25) is 0 Å². The number of hydrogen-bond acceptors (Lipinski definition) is 8. The Hall–Kier alpha value is -1.22. The summed E-state index contributed by atoms with van der Waals surface area (Å²) >= 11 is 22.0. The first-order chi connectivity index (χ1) is 10.9. The second-order valence-corrected chi connectivity index (χ2v) is 5.28. The van der Waals surface area contributed by atoms with Gasteiger partial charge in [0, 0.05) is 13.6 Å². The Morgan fingerprint density at radius 3 is 1.57 bits per heavy atom. The lowest BCUT2D eigenvalue weighted by molar-refractivity contribution is 0.824. The Morgan fingerprint density at radius 2 is 1.17 bits per heavy atom. The molecule has 2 heterocycles. The molecule has 0 bridgehead atoms. The molecule has 2 aromatic rings. The van der Waals surface area contributed by atoms with Gasteiger partial charge in [-0.15, -0.1) is 0 Å². The van der Waals surface area contributed by atoms with Gasteiger partial charge in [-0.1, -0.05) is 13.3 Å². The molecule has 0 unspecified atom stereocenters. The largest absolute Gasteiger partial charge is 0.357 e. The molecular weight excluding hydrogens is 386 g/mol. The van der Waals surface area contributed by atoms with Crippen molar-refractivity contribution in [3.05, 3.63) is 21.1 Å². The minimum Gasteiger partial charge on any atom is -0.357 e. The van der Waals surface area contributed by atoms with E-state index in [9.17, 15) is 0 Å². The molecule has 0 amide bonds. The molecule has 2 aromatic heterocycles. The van der Waals surface area contributed by atoms with Crippen LogP contribution in [0.4, 0.5) is 11.9 Å². The third-order valence-corrected chi connectivity index (χ3v) is 2.87. The Kier molecular flexibility index (Phi) is 9.08. The summed E-state index contributed by atoms with van der Waals surface area (Å²) in [4.78, 5) is 22.3. The summed E-state index contributed by atoms with van der Waals surface area (Å²) in [5.41, 5.74) is 0. The van der Waals surface area contributed by atoms with Crippen molar-refractivity contribution in [1.82, 2.24) is 29.9 Å². The molecule has 23 heavy (non-hydrogen) atoms. The molecule has 8 nitrogen and oxygen atoms in total. The van der Waals surface area contributed by atoms with E-state index in [-0.39, 0.29) is 21.1 Å². The minimum absolute atomic E-state index is 0.0874. The van der Waals surface area contributed by atoms with Crippen LogP contribution in [-0.4, -0.2) is 43.5 Å². The van der Waals surface area contributed by atoms with Gasteiger partial charge in [0.2, 0.25) is 33.0 Å². The lowest BCUT2D eigenvalue weighted by atomic mass is 10.3. The monoisotopic (exact) mass is 398 g/mol. The van der Waals surface area contributed by atoms with Crippen molar-refractivity contribution >= 4 is 58.3 Å². The molecule has 0 spiro atoms. The summed E-state index contributed by atoms with van der Waals surface area (Å²) in [5.74, 6) is 0.795. The highest BCUT2D eigenvalue weighted by Gasteiger charge is 2.01. The van der Waals surface area contributed by atoms with E-state index in [0.717, 1.165) is 19.4 Å². The van der Waals surface area contributed by atoms with E-state index in [1.54, 1.807) is 7.05 Å². The summed E-state index contributed by atoms with van der Waals surface area (Å²) in [6, 6.07) is 0. The van der Waals surface area contributed by atoms with Gasteiger partial charge in [0.25, 0.3) is 0 Å². The molecule has 126 valence electrons. The predicted octanol–water partition coefficient (Wildman–Crippen LogP) is 3.61. The van der Waals surface area contributed by atoms with Crippen LogP contribution < -0.4 is 10.6 Å². The number of nitrogens with zero attached hydrogens (tertiary/aromatic N) is 6. The number of aromatic nitrogens is 6. The zero-order valence-corrected chi connectivity index (χ0v) is 15.3. The normalized spacial score (nSPS) is 9.83. The van der Waals surface area contributed by atoms with Crippen LogP contribution in [0.1, 0.15) is 19.8 Å². The van der Waals surface area contributed by atoms with Crippen LogP contribution >= 0.6 is 46.4 Å². The number of anilines is 2. The Balaban J connectivity index is 0.000000238. The maximum absolute atomic E-state index is 5.58. The van der Waals surface area contributed by atoms with Gasteiger partial charge in [0.15, 0.2) is 0 Å². The first-order valence-electron chi connectivity index (χ1n) is 6.50. The average Bonchev–Trinajstić information content (AvgIpc) is 2.46. The fourth-order valence-corrected chi connectivity index (χ4v) is 1.95. The van der Waals surface area contributed by atoms with E-state index in [2.05, 4.69) is 47.5 Å². The lowest BCUT2D eigenvalue weighted by Crippen LogP contribution is -2.06. The number of rotatable bonds is 5. The highest BCUT2D eigenvalue weighted by Crippen LogP contribution is 2.09. The maximum atomic E-state index is 5.58.